The number of aliphatic hydroxyl groups is 1. The molecule has 9 heteroatoms. The Kier molecular flexibility index (Phi) is 6.45. The van der Waals surface area contributed by atoms with Crippen LogP contribution >= 0.6 is 11.6 Å². The van der Waals surface area contributed by atoms with Crippen LogP contribution in [-0.4, -0.2) is 52.8 Å². The maximum Gasteiger partial charge on any atom is 0.254 e. The molecule has 1 aromatic carbocycles. The van der Waals surface area contributed by atoms with Gasteiger partial charge in [0.25, 0.3) is 5.91 Å². The summed E-state index contributed by atoms with van der Waals surface area (Å²) in [7, 11) is 0. The van der Waals surface area contributed by atoms with E-state index in [-0.39, 0.29) is 41.4 Å². The first-order chi connectivity index (χ1) is 16.1. The van der Waals surface area contributed by atoms with Gasteiger partial charge in [-0.1, -0.05) is 39.3 Å². The normalized spacial score (nSPS) is 24.7. The van der Waals surface area contributed by atoms with Crippen LogP contribution in [0.2, 0.25) is 5.02 Å². The number of hydrogen-bond acceptors (Lipinski definition) is 7. The van der Waals surface area contributed by atoms with Crippen molar-refractivity contribution in [3.8, 4) is 11.8 Å². The Morgan fingerprint density at radius 1 is 1.29 bits per heavy atom. The Bertz CT molecular complexity index is 1100. The highest BCUT2D eigenvalue weighted by atomic mass is 35.5. The summed E-state index contributed by atoms with van der Waals surface area (Å²) in [6.45, 7) is 9.92. The van der Waals surface area contributed by atoms with Gasteiger partial charge in [-0.05, 0) is 18.6 Å². The third kappa shape index (κ3) is 4.30. The Balaban J connectivity index is 1.42. The second kappa shape index (κ2) is 9.05. The van der Waals surface area contributed by atoms with Crippen LogP contribution in [-0.2, 0) is 0 Å². The van der Waals surface area contributed by atoms with E-state index in [4.69, 9.17) is 21.6 Å². The van der Waals surface area contributed by atoms with Gasteiger partial charge in [0, 0.05) is 60.9 Å². The number of nitriles is 1. The van der Waals surface area contributed by atoms with Crippen LogP contribution in [0.4, 0.5) is 5.95 Å². The molecule has 1 saturated heterocycles. The molecule has 2 N–H and O–H groups in total. The topological polar surface area (TPSA) is 111 Å². The number of hydrogen-bond donors (Lipinski definition) is 2. The number of amides is 1. The lowest BCUT2D eigenvalue weighted by molar-refractivity contribution is -0.164. The van der Waals surface area contributed by atoms with Gasteiger partial charge in [-0.2, -0.15) is 5.26 Å². The summed E-state index contributed by atoms with van der Waals surface area (Å²) < 4.78 is 6.28. The van der Waals surface area contributed by atoms with E-state index in [0.717, 1.165) is 19.5 Å². The Labute approximate surface area is 204 Å². The third-order valence-corrected chi connectivity index (χ3v) is 7.47. The van der Waals surface area contributed by atoms with E-state index in [1.807, 2.05) is 11.0 Å². The van der Waals surface area contributed by atoms with Gasteiger partial charge in [-0.3, -0.25) is 4.79 Å². The second-order valence-electron chi connectivity index (χ2n) is 10.4. The van der Waals surface area contributed by atoms with Gasteiger partial charge < -0.3 is 20.1 Å². The van der Waals surface area contributed by atoms with Crippen LogP contribution in [0.5, 0.6) is 5.75 Å². The Morgan fingerprint density at radius 2 is 1.97 bits per heavy atom. The van der Waals surface area contributed by atoms with E-state index in [1.165, 1.54) is 0 Å². The number of carbonyl (C=O) groups is 1. The number of carbonyl (C=O) groups excluding carboxylic acids is 1. The van der Waals surface area contributed by atoms with Crippen LogP contribution in [0.1, 0.15) is 50.0 Å². The van der Waals surface area contributed by atoms with Crippen LogP contribution < -0.4 is 15.0 Å². The molecule has 0 spiro atoms. The molecule has 2 aliphatic rings. The van der Waals surface area contributed by atoms with E-state index in [0.29, 0.717) is 27.8 Å². The smallest absolute Gasteiger partial charge is 0.254 e. The minimum absolute atomic E-state index is 0.144. The molecule has 0 unspecified atom stereocenters. The molecule has 1 aromatic heterocycles. The van der Waals surface area contributed by atoms with Gasteiger partial charge in [0.2, 0.25) is 5.95 Å². The number of aliphatic hydroxyl groups excluding tert-OH is 1. The average molecular weight is 484 g/mol. The van der Waals surface area contributed by atoms with Gasteiger partial charge >= 0.3 is 0 Å². The van der Waals surface area contributed by atoms with Crippen molar-refractivity contribution in [1.82, 2.24) is 15.3 Å². The third-order valence-electron chi connectivity index (χ3n) is 7.16. The molecule has 180 valence electrons. The van der Waals surface area contributed by atoms with Crippen LogP contribution in [0.25, 0.3) is 0 Å². The van der Waals surface area contributed by atoms with Gasteiger partial charge in [0.05, 0.1) is 16.1 Å². The van der Waals surface area contributed by atoms with Gasteiger partial charge in [0.15, 0.2) is 0 Å². The number of ether oxygens (including phenoxy) is 1. The molecular formula is C25H30ClN5O3. The second-order valence-corrected chi connectivity index (χ2v) is 10.8. The molecule has 0 bridgehead atoms. The predicted octanol–water partition coefficient (Wildman–Crippen LogP) is 3.43. The highest BCUT2D eigenvalue weighted by Crippen LogP contribution is 2.55. The fourth-order valence-corrected chi connectivity index (χ4v) is 5.79. The monoisotopic (exact) mass is 483 g/mol. The minimum Gasteiger partial charge on any atom is -0.489 e. The van der Waals surface area contributed by atoms with Crippen LogP contribution in [0.3, 0.4) is 0 Å². The molecule has 8 nitrogen and oxygen atoms in total. The number of rotatable bonds is 6. The molecule has 1 amide bonds. The summed E-state index contributed by atoms with van der Waals surface area (Å²) in [5.41, 5.74) is 0.0960. The van der Waals surface area contributed by atoms with E-state index in [1.54, 1.807) is 30.6 Å². The number of anilines is 1. The highest BCUT2D eigenvalue weighted by Gasteiger charge is 2.64. The number of halogens is 1. The Hall–Kier alpha value is -2.89. The number of nitrogens with one attached hydrogen (secondary N) is 1. The van der Waals surface area contributed by atoms with E-state index in [2.05, 4.69) is 43.0 Å². The standard InChI is InChI=1S/C25H30ClN5O3/c1-24(2)21(25(3,4)22(24)34-18-6-5-16(10-27)19(26)9-18)30-20(33)17-11-28-23(29-12-17)31-8-7-15(13-31)14-32/h5-6,9,11-12,15,21-22,32H,7-8,13-14H2,1-4H3,(H,30,33)/t15-,21?,22?/m1/s1. The summed E-state index contributed by atoms with van der Waals surface area (Å²) >= 11 is 6.16. The van der Waals surface area contributed by atoms with Crippen molar-refractivity contribution in [2.75, 3.05) is 24.6 Å². The lowest BCUT2D eigenvalue weighted by Crippen LogP contribution is -2.74. The van der Waals surface area contributed by atoms with Crippen molar-refractivity contribution in [1.29, 1.82) is 5.26 Å². The molecule has 1 atom stereocenters. The van der Waals surface area contributed by atoms with Gasteiger partial charge in [0.1, 0.15) is 17.9 Å². The van der Waals surface area contributed by atoms with Crippen molar-refractivity contribution in [2.24, 2.45) is 16.7 Å². The van der Waals surface area contributed by atoms with Gasteiger partial charge in [-0.15, -0.1) is 0 Å². The number of aromatic nitrogens is 2. The molecule has 2 aromatic rings. The Morgan fingerprint density at radius 3 is 2.53 bits per heavy atom. The van der Waals surface area contributed by atoms with Crippen molar-refractivity contribution < 1.29 is 14.6 Å². The molecule has 2 heterocycles. The molecule has 0 radical (unpaired) electrons. The van der Waals surface area contributed by atoms with Crippen LogP contribution in [0, 0.1) is 28.1 Å². The summed E-state index contributed by atoms with van der Waals surface area (Å²) in [6.07, 6.45) is 3.83. The molecule has 2 fully saturated rings. The largest absolute Gasteiger partial charge is 0.489 e. The van der Waals surface area contributed by atoms with Gasteiger partial charge in [-0.25, -0.2) is 9.97 Å². The maximum absolute atomic E-state index is 13.0. The first-order valence-electron chi connectivity index (χ1n) is 11.4. The zero-order valence-corrected chi connectivity index (χ0v) is 20.6. The van der Waals surface area contributed by atoms with Crippen molar-refractivity contribution in [2.45, 2.75) is 46.3 Å². The molecular weight excluding hydrogens is 454 g/mol. The summed E-state index contributed by atoms with van der Waals surface area (Å²) in [5.74, 6) is 1.18. The average Bonchev–Trinajstić information content (AvgIpc) is 3.30. The molecule has 1 saturated carbocycles. The first kappa shape index (κ1) is 24.2. The lowest BCUT2D eigenvalue weighted by Gasteiger charge is -2.63. The van der Waals surface area contributed by atoms with E-state index in [9.17, 15) is 9.90 Å². The number of benzene rings is 1. The zero-order chi connectivity index (χ0) is 24.7. The summed E-state index contributed by atoms with van der Waals surface area (Å²) in [4.78, 5) is 23.8. The summed E-state index contributed by atoms with van der Waals surface area (Å²) in [6, 6.07) is 6.94. The van der Waals surface area contributed by atoms with Crippen molar-refractivity contribution in [3.63, 3.8) is 0 Å². The lowest BCUT2D eigenvalue weighted by atomic mass is 9.49. The predicted molar refractivity (Wildman–Crippen MR) is 129 cm³/mol. The molecule has 1 aliphatic carbocycles. The quantitative estimate of drug-likeness (QED) is 0.647. The van der Waals surface area contributed by atoms with Crippen molar-refractivity contribution >= 4 is 23.5 Å². The van der Waals surface area contributed by atoms with Crippen molar-refractivity contribution in [3.05, 3.63) is 46.7 Å². The maximum atomic E-state index is 13.0. The molecule has 1 aliphatic heterocycles. The highest BCUT2D eigenvalue weighted by molar-refractivity contribution is 6.31. The molecule has 4 rings (SSSR count). The SMILES string of the molecule is CC1(C)C(NC(=O)c2cnc(N3CC[C@@H](CO)C3)nc2)C(C)(C)C1Oc1ccc(C#N)c(Cl)c1. The number of nitrogens with zero attached hydrogens (tertiary/aromatic N) is 4. The first-order valence-corrected chi connectivity index (χ1v) is 11.8. The summed E-state index contributed by atoms with van der Waals surface area (Å²) in [5, 5.41) is 21.9. The van der Waals surface area contributed by atoms with E-state index < -0.39 is 0 Å². The van der Waals surface area contributed by atoms with E-state index >= 15 is 0 Å². The fraction of sp³-hybridized carbons (Fsp3) is 0.520. The fourth-order valence-electron chi connectivity index (χ4n) is 5.58. The van der Waals surface area contributed by atoms with Crippen LogP contribution in [0.15, 0.2) is 30.6 Å². The minimum atomic E-state index is -0.352. The molecule has 34 heavy (non-hydrogen) atoms. The zero-order valence-electron chi connectivity index (χ0n) is 19.9.